The average molecular weight is 347 g/mol. The molecule has 0 aliphatic carbocycles. The van der Waals surface area contributed by atoms with Gasteiger partial charge in [0, 0.05) is 22.9 Å². The molecule has 1 fully saturated rings. The highest BCUT2D eigenvalue weighted by molar-refractivity contribution is 6.31. The summed E-state index contributed by atoms with van der Waals surface area (Å²) in [6.45, 7) is 2.35. The van der Waals surface area contributed by atoms with Crippen LogP contribution >= 0.6 is 11.6 Å². The van der Waals surface area contributed by atoms with E-state index in [2.05, 4.69) is 5.32 Å². The lowest BCUT2D eigenvalue weighted by Crippen LogP contribution is -2.33. The number of halogens is 2. The maximum atomic E-state index is 12.9. The lowest BCUT2D eigenvalue weighted by molar-refractivity contribution is -0.129. The van der Waals surface area contributed by atoms with E-state index in [0.29, 0.717) is 23.7 Å². The number of anilines is 2. The summed E-state index contributed by atoms with van der Waals surface area (Å²) in [6.07, 6.45) is 0.428. The van der Waals surface area contributed by atoms with Crippen molar-refractivity contribution in [2.24, 2.45) is 5.92 Å². The number of hydrogen-bond acceptors (Lipinski definition) is 2. The highest BCUT2D eigenvalue weighted by Crippen LogP contribution is 2.30. The second-order valence-corrected chi connectivity index (χ2v) is 6.19. The van der Waals surface area contributed by atoms with Gasteiger partial charge in [-0.25, -0.2) is 4.39 Å². The fourth-order valence-electron chi connectivity index (χ4n) is 2.80. The van der Waals surface area contributed by atoms with E-state index in [1.165, 1.54) is 24.3 Å². The molecule has 0 aromatic heterocycles. The average Bonchev–Trinajstić information content (AvgIpc) is 2.93. The van der Waals surface area contributed by atoms with E-state index in [-0.39, 0.29) is 17.6 Å². The summed E-state index contributed by atoms with van der Waals surface area (Å²) < 4.78 is 12.9. The molecule has 1 heterocycles. The molecule has 2 aromatic carbocycles. The molecule has 1 N–H and O–H groups in total. The lowest BCUT2D eigenvalue weighted by Gasteiger charge is -2.19. The van der Waals surface area contributed by atoms with Crippen LogP contribution in [0.2, 0.25) is 5.02 Å². The molecule has 6 heteroatoms. The molecule has 124 valence electrons. The number of nitrogens with one attached hydrogen (secondary N) is 1. The molecule has 0 spiro atoms. The first kappa shape index (κ1) is 16.5. The van der Waals surface area contributed by atoms with Crippen molar-refractivity contribution in [2.75, 3.05) is 16.8 Å². The minimum absolute atomic E-state index is 0.250. The minimum atomic E-state index is -0.756. The zero-order valence-electron chi connectivity index (χ0n) is 13.1. The monoisotopic (exact) mass is 346 g/mol. The number of rotatable bonds is 3. The fourth-order valence-corrected chi connectivity index (χ4v) is 2.96. The van der Waals surface area contributed by atoms with E-state index in [1.807, 2.05) is 13.0 Å². The van der Waals surface area contributed by atoms with Gasteiger partial charge in [-0.15, -0.1) is 0 Å². The van der Waals surface area contributed by atoms with Crippen LogP contribution in [0.15, 0.2) is 42.5 Å². The third kappa shape index (κ3) is 3.26. The van der Waals surface area contributed by atoms with Gasteiger partial charge in [0.1, 0.15) is 11.7 Å². The molecule has 24 heavy (non-hydrogen) atoms. The van der Waals surface area contributed by atoms with Crippen molar-refractivity contribution >= 4 is 34.8 Å². The van der Waals surface area contributed by atoms with Gasteiger partial charge in [-0.2, -0.15) is 0 Å². The summed E-state index contributed by atoms with van der Waals surface area (Å²) in [6, 6.07) is 10.8. The molecule has 3 rings (SSSR count). The van der Waals surface area contributed by atoms with Gasteiger partial charge in [-0.3, -0.25) is 9.59 Å². The maximum absolute atomic E-state index is 12.9. The fraction of sp³-hybridized carbons (Fsp3) is 0.222. The summed E-state index contributed by atoms with van der Waals surface area (Å²) in [7, 11) is 0. The van der Waals surface area contributed by atoms with Crippen LogP contribution in [-0.2, 0) is 9.59 Å². The minimum Gasteiger partial charge on any atom is -0.325 e. The topological polar surface area (TPSA) is 49.4 Å². The van der Waals surface area contributed by atoms with Gasteiger partial charge < -0.3 is 10.2 Å². The largest absolute Gasteiger partial charge is 0.325 e. The number of carbonyl (C=O) groups excluding carboxylic acids is 2. The molecule has 0 saturated carbocycles. The Morgan fingerprint density at radius 1 is 1.25 bits per heavy atom. The Morgan fingerprint density at radius 2 is 1.96 bits per heavy atom. The van der Waals surface area contributed by atoms with Gasteiger partial charge in [0.15, 0.2) is 0 Å². The van der Waals surface area contributed by atoms with Crippen LogP contribution in [0.4, 0.5) is 15.8 Å². The van der Waals surface area contributed by atoms with Crippen molar-refractivity contribution in [3.05, 3.63) is 58.9 Å². The zero-order chi connectivity index (χ0) is 17.3. The molecule has 0 bridgehead atoms. The maximum Gasteiger partial charge on any atom is 0.239 e. The molecule has 4 nitrogen and oxygen atoms in total. The molecule has 1 aliphatic heterocycles. The van der Waals surface area contributed by atoms with Gasteiger partial charge in [0.2, 0.25) is 11.8 Å². The van der Waals surface area contributed by atoms with Crippen molar-refractivity contribution in [1.29, 1.82) is 0 Å². The number of nitrogens with zero attached hydrogens (tertiary/aromatic N) is 1. The van der Waals surface area contributed by atoms with Crippen molar-refractivity contribution in [3.63, 3.8) is 0 Å². The summed E-state index contributed by atoms with van der Waals surface area (Å²) in [5.41, 5.74) is 2.11. The van der Waals surface area contributed by atoms with Crippen molar-refractivity contribution in [3.8, 4) is 0 Å². The first-order valence-corrected chi connectivity index (χ1v) is 7.97. The van der Waals surface area contributed by atoms with Gasteiger partial charge in [0.25, 0.3) is 0 Å². The Bertz CT molecular complexity index is 792. The van der Waals surface area contributed by atoms with Crippen LogP contribution in [0.3, 0.4) is 0 Å². The Balaban J connectivity index is 1.74. The highest BCUT2D eigenvalue weighted by Gasteiger charge is 2.38. The molecule has 0 radical (unpaired) electrons. The molecule has 2 aromatic rings. The van der Waals surface area contributed by atoms with Gasteiger partial charge in [-0.1, -0.05) is 17.7 Å². The van der Waals surface area contributed by atoms with E-state index >= 15 is 0 Å². The number of amides is 2. The summed E-state index contributed by atoms with van der Waals surface area (Å²) in [5.74, 6) is -1.77. The van der Waals surface area contributed by atoms with E-state index in [0.717, 1.165) is 11.3 Å². The number of carbonyl (C=O) groups is 2. The second-order valence-electron chi connectivity index (χ2n) is 5.76. The molecule has 1 atom stereocenters. The third-order valence-electron chi connectivity index (χ3n) is 4.10. The Kier molecular flexibility index (Phi) is 4.53. The Labute approximate surface area is 144 Å². The zero-order valence-corrected chi connectivity index (χ0v) is 13.8. The van der Waals surface area contributed by atoms with E-state index < -0.39 is 5.92 Å². The van der Waals surface area contributed by atoms with Crippen LogP contribution < -0.4 is 10.2 Å². The summed E-state index contributed by atoms with van der Waals surface area (Å²) in [4.78, 5) is 26.6. The van der Waals surface area contributed by atoms with E-state index in [1.54, 1.807) is 17.0 Å². The normalized spacial score (nSPS) is 17.2. The highest BCUT2D eigenvalue weighted by atomic mass is 35.5. The molecule has 1 saturated heterocycles. The number of aryl methyl sites for hydroxylation is 1. The van der Waals surface area contributed by atoms with Crippen molar-refractivity contribution < 1.29 is 14.0 Å². The first-order chi connectivity index (χ1) is 11.5. The van der Waals surface area contributed by atoms with Crippen LogP contribution in [0, 0.1) is 18.7 Å². The first-order valence-electron chi connectivity index (χ1n) is 7.59. The van der Waals surface area contributed by atoms with E-state index in [9.17, 15) is 14.0 Å². The van der Waals surface area contributed by atoms with Crippen molar-refractivity contribution in [2.45, 2.75) is 13.3 Å². The second kappa shape index (κ2) is 6.61. The number of benzene rings is 2. The molecule has 2 amide bonds. The lowest BCUT2D eigenvalue weighted by atomic mass is 10.1. The predicted octanol–water partition coefficient (Wildman–Crippen LogP) is 3.78. The van der Waals surface area contributed by atoms with Crippen molar-refractivity contribution in [1.82, 2.24) is 0 Å². The molecular weight excluding hydrogens is 331 g/mol. The van der Waals surface area contributed by atoms with Crippen LogP contribution in [0.25, 0.3) is 0 Å². The predicted molar refractivity (Wildman–Crippen MR) is 91.7 cm³/mol. The summed E-state index contributed by atoms with van der Waals surface area (Å²) >= 11 is 6.01. The molecular formula is C18H16ClFN2O2. The van der Waals surface area contributed by atoms with E-state index in [4.69, 9.17) is 11.6 Å². The van der Waals surface area contributed by atoms with Crippen LogP contribution in [0.5, 0.6) is 0 Å². The number of hydrogen-bond donors (Lipinski definition) is 1. The van der Waals surface area contributed by atoms with Gasteiger partial charge in [-0.05, 0) is 55.3 Å². The van der Waals surface area contributed by atoms with Gasteiger partial charge in [0.05, 0.1) is 0 Å². The smallest absolute Gasteiger partial charge is 0.239 e. The van der Waals surface area contributed by atoms with Crippen LogP contribution in [-0.4, -0.2) is 18.4 Å². The SMILES string of the molecule is Cc1ccc(Cl)cc1N1CCC(C(=O)Nc2ccc(F)cc2)C1=O. The van der Waals surface area contributed by atoms with Gasteiger partial charge >= 0.3 is 0 Å². The van der Waals surface area contributed by atoms with Crippen LogP contribution in [0.1, 0.15) is 12.0 Å². The Hall–Kier alpha value is -2.40. The summed E-state index contributed by atoms with van der Waals surface area (Å²) in [5, 5.41) is 3.20. The Morgan fingerprint density at radius 3 is 2.67 bits per heavy atom. The quantitative estimate of drug-likeness (QED) is 0.860. The molecule has 1 unspecified atom stereocenters. The standard InChI is InChI=1S/C18H16ClFN2O2/c1-11-2-3-12(19)10-16(11)22-9-8-15(18(22)24)17(23)21-14-6-4-13(20)5-7-14/h2-7,10,15H,8-9H2,1H3,(H,21,23). The third-order valence-corrected chi connectivity index (χ3v) is 4.33. The molecule has 1 aliphatic rings.